The number of ketones is 1. The van der Waals surface area contributed by atoms with Crippen LogP contribution < -0.4 is 9.47 Å². The van der Waals surface area contributed by atoms with Gasteiger partial charge in [-0.2, -0.15) is 0 Å². The Kier molecular flexibility index (Phi) is 8.59. The highest BCUT2D eigenvalue weighted by Crippen LogP contribution is 2.42. The second kappa shape index (κ2) is 12.5. The molecule has 0 saturated carbocycles. The number of likely N-dealkylation sites (tertiary alicyclic amines) is 1. The van der Waals surface area contributed by atoms with Gasteiger partial charge < -0.3 is 24.4 Å². The molecule has 3 heterocycles. The maximum atomic E-state index is 13.6. The molecule has 1 unspecified atom stereocenters. The summed E-state index contributed by atoms with van der Waals surface area (Å²) < 4.78 is 13.8. The fourth-order valence-electron chi connectivity index (χ4n) is 5.36. The Bertz CT molecular complexity index is 1630. The number of carbonyl (C=O) groups is 2. The number of benzene rings is 2. The van der Waals surface area contributed by atoms with Crippen molar-refractivity contribution in [1.29, 1.82) is 0 Å². The first-order chi connectivity index (χ1) is 20.3. The van der Waals surface area contributed by atoms with Crippen LogP contribution in [0.4, 0.5) is 0 Å². The first-order valence-corrected chi connectivity index (χ1v) is 14.1. The predicted molar refractivity (Wildman–Crippen MR) is 160 cm³/mol. The zero-order valence-corrected chi connectivity index (χ0v) is 24.4. The van der Waals surface area contributed by atoms with Gasteiger partial charge in [0.25, 0.3) is 11.7 Å². The predicted octanol–water partition coefficient (Wildman–Crippen LogP) is 4.99. The van der Waals surface area contributed by atoms with Gasteiger partial charge in [-0.15, -0.1) is 0 Å². The van der Waals surface area contributed by atoms with Crippen LogP contribution in [0.2, 0.25) is 0 Å². The van der Waals surface area contributed by atoms with Gasteiger partial charge in [0, 0.05) is 12.7 Å². The molecule has 5 rings (SSSR count). The molecule has 1 saturated heterocycles. The summed E-state index contributed by atoms with van der Waals surface area (Å²) in [6, 6.07) is 19.9. The quantitative estimate of drug-likeness (QED) is 0.155. The molecule has 0 radical (unpaired) electrons. The van der Waals surface area contributed by atoms with E-state index in [0.717, 1.165) is 12.1 Å². The van der Waals surface area contributed by atoms with Crippen LogP contribution in [0.5, 0.6) is 11.5 Å². The largest absolute Gasteiger partial charge is 0.505 e. The molecule has 1 fully saturated rings. The summed E-state index contributed by atoms with van der Waals surface area (Å²) >= 11 is 0. The molecule has 1 amide bonds. The Morgan fingerprint density at radius 2 is 1.76 bits per heavy atom. The van der Waals surface area contributed by atoms with Crippen LogP contribution in [0, 0.1) is 6.92 Å². The number of Topliss-reactive ketones (excluding diaryl/α,β-unsaturated/α-hetero) is 1. The van der Waals surface area contributed by atoms with Crippen LogP contribution in [-0.2, 0) is 16.2 Å². The molecule has 1 atom stereocenters. The number of carbonyl (C=O) groups excluding carboxylic acids is 2. The van der Waals surface area contributed by atoms with Crippen LogP contribution in [0.3, 0.4) is 0 Å². The molecule has 4 aromatic rings. The minimum absolute atomic E-state index is 0.0269. The number of aromatic nitrogens is 2. The minimum atomic E-state index is -0.816. The van der Waals surface area contributed by atoms with Crippen molar-refractivity contribution < 1.29 is 24.2 Å². The number of ether oxygens (including phenoxy) is 2. The fourth-order valence-corrected chi connectivity index (χ4v) is 5.36. The van der Waals surface area contributed by atoms with Crippen molar-refractivity contribution in [3.63, 3.8) is 0 Å². The Morgan fingerprint density at radius 3 is 2.50 bits per heavy atom. The van der Waals surface area contributed by atoms with E-state index in [-0.39, 0.29) is 11.3 Å². The third-order valence-electron chi connectivity index (χ3n) is 7.29. The summed E-state index contributed by atoms with van der Waals surface area (Å²) in [5.41, 5.74) is 3.25. The van der Waals surface area contributed by atoms with Crippen LogP contribution in [-0.4, -0.2) is 69.8 Å². The van der Waals surface area contributed by atoms with Crippen molar-refractivity contribution in [2.45, 2.75) is 32.9 Å². The van der Waals surface area contributed by atoms with Crippen LogP contribution in [0.25, 0.3) is 11.4 Å². The van der Waals surface area contributed by atoms with Crippen molar-refractivity contribution in [2.75, 3.05) is 33.8 Å². The summed E-state index contributed by atoms with van der Waals surface area (Å²) in [4.78, 5) is 35.2. The number of hydrogen-bond donors (Lipinski definition) is 1. The third kappa shape index (κ3) is 5.73. The molecular weight excluding hydrogens is 532 g/mol. The van der Waals surface area contributed by atoms with E-state index < -0.39 is 17.7 Å². The van der Waals surface area contributed by atoms with Crippen LogP contribution in [0.15, 0.2) is 78.5 Å². The van der Waals surface area contributed by atoms with Gasteiger partial charge in [0.05, 0.1) is 23.9 Å². The van der Waals surface area contributed by atoms with E-state index in [2.05, 4.69) is 4.98 Å². The van der Waals surface area contributed by atoms with Gasteiger partial charge in [-0.3, -0.25) is 14.0 Å². The molecule has 9 nitrogen and oxygen atoms in total. The van der Waals surface area contributed by atoms with E-state index >= 15 is 0 Å². The van der Waals surface area contributed by atoms with Crippen LogP contribution in [0.1, 0.15) is 41.9 Å². The van der Waals surface area contributed by atoms with Crippen LogP contribution >= 0.6 is 0 Å². The Morgan fingerprint density at radius 1 is 1.00 bits per heavy atom. The van der Waals surface area contributed by atoms with Crippen molar-refractivity contribution in [1.82, 2.24) is 19.2 Å². The number of aliphatic hydroxyl groups is 1. The van der Waals surface area contributed by atoms with Crippen molar-refractivity contribution in [3.05, 3.63) is 101 Å². The average molecular weight is 569 g/mol. The van der Waals surface area contributed by atoms with E-state index in [1.807, 2.05) is 80.5 Å². The van der Waals surface area contributed by atoms with Gasteiger partial charge >= 0.3 is 0 Å². The normalized spacial score (nSPS) is 16.5. The van der Waals surface area contributed by atoms with E-state index in [0.29, 0.717) is 60.3 Å². The number of hydrogen-bond acceptors (Lipinski definition) is 7. The number of nitrogens with zero attached hydrogens (tertiary/aromatic N) is 4. The lowest BCUT2D eigenvalue weighted by molar-refractivity contribution is -0.139. The number of fused-ring (bicyclic) bond motifs is 1. The van der Waals surface area contributed by atoms with Gasteiger partial charge in [0.15, 0.2) is 17.3 Å². The third-order valence-corrected chi connectivity index (χ3v) is 7.29. The van der Waals surface area contributed by atoms with E-state index in [4.69, 9.17) is 9.47 Å². The Hall–Kier alpha value is -4.63. The summed E-state index contributed by atoms with van der Waals surface area (Å²) in [5.74, 6) is -0.585. The number of imidazole rings is 1. The first-order valence-electron chi connectivity index (χ1n) is 14.1. The molecule has 1 aliphatic rings. The SMILES string of the molecule is CCOc1cc(C2C(=C(O)c3c(C)nc4ccccn34)C(=O)C(=O)N2CCCN(C)C)ccc1OCc1ccccc1. The van der Waals surface area contributed by atoms with Gasteiger partial charge in [0.2, 0.25) is 0 Å². The highest BCUT2D eigenvalue weighted by molar-refractivity contribution is 6.46. The van der Waals surface area contributed by atoms with Gasteiger partial charge in [-0.05, 0) is 76.3 Å². The van der Waals surface area contributed by atoms with E-state index in [9.17, 15) is 14.7 Å². The second-order valence-electron chi connectivity index (χ2n) is 10.5. The van der Waals surface area contributed by atoms with Crippen molar-refractivity contribution >= 4 is 23.1 Å². The summed E-state index contributed by atoms with van der Waals surface area (Å²) in [7, 11) is 3.92. The molecule has 42 heavy (non-hydrogen) atoms. The topological polar surface area (TPSA) is 96.6 Å². The minimum Gasteiger partial charge on any atom is -0.505 e. The first kappa shape index (κ1) is 28.9. The smallest absolute Gasteiger partial charge is 0.295 e. The fraction of sp³-hybridized carbons (Fsp3) is 0.303. The Balaban J connectivity index is 1.60. The Labute approximate surface area is 245 Å². The monoisotopic (exact) mass is 568 g/mol. The lowest BCUT2D eigenvalue weighted by Gasteiger charge is -2.26. The highest BCUT2D eigenvalue weighted by atomic mass is 16.5. The molecule has 0 bridgehead atoms. The van der Waals surface area contributed by atoms with Crippen molar-refractivity contribution in [2.24, 2.45) is 0 Å². The number of pyridine rings is 1. The molecule has 2 aromatic carbocycles. The number of amides is 1. The summed E-state index contributed by atoms with van der Waals surface area (Å²) in [6.45, 7) is 5.49. The van der Waals surface area contributed by atoms with Crippen molar-refractivity contribution in [3.8, 4) is 11.5 Å². The zero-order chi connectivity index (χ0) is 29.8. The average Bonchev–Trinajstić information content (AvgIpc) is 3.45. The summed E-state index contributed by atoms with van der Waals surface area (Å²) in [5, 5.41) is 11.7. The van der Waals surface area contributed by atoms with Gasteiger partial charge in [-0.25, -0.2) is 4.98 Å². The second-order valence-corrected chi connectivity index (χ2v) is 10.5. The molecule has 1 N–H and O–H groups in total. The molecule has 1 aliphatic heterocycles. The molecular formula is C33H36N4O5. The van der Waals surface area contributed by atoms with Gasteiger partial charge in [-0.1, -0.05) is 42.5 Å². The highest BCUT2D eigenvalue weighted by Gasteiger charge is 2.46. The zero-order valence-electron chi connectivity index (χ0n) is 24.4. The maximum Gasteiger partial charge on any atom is 0.295 e. The van der Waals surface area contributed by atoms with Gasteiger partial charge in [0.1, 0.15) is 17.9 Å². The molecule has 0 aliphatic carbocycles. The lowest BCUT2D eigenvalue weighted by atomic mass is 9.95. The molecule has 218 valence electrons. The standard InChI is InChI=1S/C33H36N4O5/c1-5-41-26-20-24(15-16-25(26)42-21-23-12-7-6-8-13-23)30-28(32(39)33(40)37(30)19-11-17-35(3)4)31(38)29-22(2)34-27-14-9-10-18-36(27)29/h6-10,12-16,18,20,30,38H,5,11,17,19,21H2,1-4H3. The van der Waals surface area contributed by atoms with E-state index in [1.54, 1.807) is 34.6 Å². The van der Waals surface area contributed by atoms with E-state index in [1.165, 1.54) is 0 Å². The maximum absolute atomic E-state index is 13.6. The molecule has 2 aromatic heterocycles. The lowest BCUT2D eigenvalue weighted by Crippen LogP contribution is -2.32. The molecule has 0 spiro atoms. The summed E-state index contributed by atoms with van der Waals surface area (Å²) in [6.07, 6.45) is 2.43. The number of aryl methyl sites for hydroxylation is 1. The number of aliphatic hydroxyl groups excluding tert-OH is 1. The number of rotatable bonds is 11. The molecule has 9 heteroatoms.